The van der Waals surface area contributed by atoms with Gasteiger partial charge in [0.05, 0.1) is 18.9 Å². The minimum atomic E-state index is -0.174. The normalized spacial score (nSPS) is 29.2. The molecule has 2 saturated heterocycles. The summed E-state index contributed by atoms with van der Waals surface area (Å²) in [7, 11) is 0. The molecule has 0 aliphatic carbocycles. The highest BCUT2D eigenvalue weighted by Gasteiger charge is 2.68. The number of benzene rings is 2. The SMILES string of the molecule is CC1C(N2C(c3ccccc3)=Nc3ccccc3C2N)[N+]12CCOCC2. The number of amidine groups is 1. The van der Waals surface area contributed by atoms with Gasteiger partial charge in [-0.05, 0) is 13.0 Å². The van der Waals surface area contributed by atoms with Crippen LogP contribution in [0, 0.1) is 0 Å². The quantitative estimate of drug-likeness (QED) is 0.670. The second-order valence-corrected chi connectivity index (χ2v) is 7.53. The summed E-state index contributed by atoms with van der Waals surface area (Å²) in [4.78, 5) is 7.41. The van der Waals surface area contributed by atoms with Gasteiger partial charge in [0.1, 0.15) is 25.1 Å². The number of hydrogen-bond donors (Lipinski definition) is 1. The third kappa shape index (κ3) is 2.24. The molecule has 26 heavy (non-hydrogen) atoms. The van der Waals surface area contributed by atoms with Gasteiger partial charge >= 0.3 is 0 Å². The topological polar surface area (TPSA) is 50.8 Å². The summed E-state index contributed by atoms with van der Waals surface area (Å²) in [5.41, 5.74) is 10.0. The smallest absolute Gasteiger partial charge is 0.221 e. The van der Waals surface area contributed by atoms with Gasteiger partial charge in [0.15, 0.2) is 6.04 Å². The maximum atomic E-state index is 6.82. The van der Waals surface area contributed by atoms with E-state index in [0.717, 1.165) is 53.4 Å². The summed E-state index contributed by atoms with van der Waals surface area (Å²) < 4.78 is 6.70. The fourth-order valence-corrected chi connectivity index (χ4v) is 4.81. The highest BCUT2D eigenvalue weighted by molar-refractivity contribution is 6.02. The predicted octanol–water partition coefficient (Wildman–Crippen LogP) is 2.61. The molecule has 3 heterocycles. The van der Waals surface area contributed by atoms with Crippen molar-refractivity contribution in [3.63, 3.8) is 0 Å². The Kier molecular flexibility index (Phi) is 3.64. The molecule has 0 saturated carbocycles. The Morgan fingerprint density at radius 2 is 1.73 bits per heavy atom. The molecule has 3 aliphatic rings. The Balaban J connectivity index is 1.61. The summed E-state index contributed by atoms with van der Waals surface area (Å²) in [6.45, 7) is 6.11. The third-order valence-electron chi connectivity index (χ3n) is 6.33. The van der Waals surface area contributed by atoms with Gasteiger partial charge in [-0.3, -0.25) is 9.38 Å². The Morgan fingerprint density at radius 1 is 1.04 bits per heavy atom. The molecule has 0 bridgehead atoms. The molecule has 3 unspecified atom stereocenters. The molecule has 5 rings (SSSR count). The molecule has 2 aromatic carbocycles. The molecule has 5 heteroatoms. The van der Waals surface area contributed by atoms with Crippen molar-refractivity contribution in [2.24, 2.45) is 10.7 Å². The van der Waals surface area contributed by atoms with E-state index in [1.165, 1.54) is 0 Å². The summed E-state index contributed by atoms with van der Waals surface area (Å²) in [5, 5.41) is 0. The first-order chi connectivity index (χ1) is 12.7. The second-order valence-electron chi connectivity index (χ2n) is 7.53. The zero-order valence-corrected chi connectivity index (χ0v) is 15.1. The zero-order chi connectivity index (χ0) is 17.7. The van der Waals surface area contributed by atoms with E-state index in [1.807, 2.05) is 12.1 Å². The van der Waals surface area contributed by atoms with Crippen LogP contribution >= 0.6 is 0 Å². The first-order valence-electron chi connectivity index (χ1n) is 9.43. The van der Waals surface area contributed by atoms with Crippen LogP contribution in [0.15, 0.2) is 59.6 Å². The average molecular weight is 349 g/mol. The van der Waals surface area contributed by atoms with Gasteiger partial charge in [0.25, 0.3) is 0 Å². The van der Waals surface area contributed by atoms with Crippen molar-refractivity contribution in [3.8, 4) is 0 Å². The Morgan fingerprint density at radius 3 is 2.50 bits per heavy atom. The monoisotopic (exact) mass is 349 g/mol. The Labute approximate surface area is 154 Å². The van der Waals surface area contributed by atoms with Crippen molar-refractivity contribution in [3.05, 3.63) is 65.7 Å². The van der Waals surface area contributed by atoms with E-state index in [1.54, 1.807) is 0 Å². The first-order valence-corrected chi connectivity index (χ1v) is 9.43. The van der Waals surface area contributed by atoms with Gasteiger partial charge in [-0.25, -0.2) is 4.99 Å². The lowest BCUT2D eigenvalue weighted by Crippen LogP contribution is -2.51. The molecule has 2 aromatic rings. The lowest BCUT2D eigenvalue weighted by molar-refractivity contribution is -0.841. The fraction of sp³-hybridized carbons (Fsp3) is 0.381. The Hall–Kier alpha value is -2.21. The number of morpholine rings is 1. The minimum absolute atomic E-state index is 0.174. The first kappa shape index (κ1) is 16.0. The number of nitrogens with zero attached hydrogens (tertiary/aromatic N) is 3. The van der Waals surface area contributed by atoms with Gasteiger partial charge in [-0.1, -0.05) is 48.5 Å². The summed E-state index contributed by atoms with van der Waals surface area (Å²) >= 11 is 0. The largest absolute Gasteiger partial charge is 0.370 e. The average Bonchev–Trinajstić information content (AvgIpc) is 3.24. The van der Waals surface area contributed by atoms with Gasteiger partial charge in [0, 0.05) is 11.1 Å². The molecule has 134 valence electrons. The second kappa shape index (κ2) is 5.91. The van der Waals surface area contributed by atoms with Crippen molar-refractivity contribution in [2.45, 2.75) is 25.3 Å². The van der Waals surface area contributed by atoms with Crippen molar-refractivity contribution < 1.29 is 9.22 Å². The van der Waals surface area contributed by atoms with Crippen LogP contribution in [-0.4, -0.2) is 53.7 Å². The van der Waals surface area contributed by atoms with E-state index >= 15 is 0 Å². The molecule has 3 aliphatic heterocycles. The number of nitrogens with two attached hydrogens (primary N) is 1. The van der Waals surface area contributed by atoms with Crippen LogP contribution in [0.2, 0.25) is 0 Å². The molecule has 0 amide bonds. The van der Waals surface area contributed by atoms with Gasteiger partial charge < -0.3 is 10.5 Å². The Bertz CT molecular complexity index is 844. The molecule has 2 fully saturated rings. The van der Waals surface area contributed by atoms with E-state index in [-0.39, 0.29) is 6.17 Å². The van der Waals surface area contributed by atoms with E-state index in [9.17, 15) is 0 Å². The van der Waals surface area contributed by atoms with Crippen molar-refractivity contribution in [1.29, 1.82) is 0 Å². The number of hydrogen-bond acceptors (Lipinski definition) is 4. The summed E-state index contributed by atoms with van der Waals surface area (Å²) in [6.07, 6.45) is 0.188. The number of aliphatic imine (C=N–C) groups is 1. The van der Waals surface area contributed by atoms with Gasteiger partial charge in [-0.15, -0.1) is 0 Å². The van der Waals surface area contributed by atoms with E-state index in [0.29, 0.717) is 12.2 Å². The van der Waals surface area contributed by atoms with Crippen LogP contribution in [0.1, 0.15) is 24.2 Å². The van der Waals surface area contributed by atoms with Crippen molar-refractivity contribution in [1.82, 2.24) is 4.90 Å². The molecule has 1 spiro atoms. The zero-order valence-electron chi connectivity index (χ0n) is 15.1. The van der Waals surface area contributed by atoms with Gasteiger partial charge in [0.2, 0.25) is 6.17 Å². The summed E-state index contributed by atoms with van der Waals surface area (Å²) in [6, 6.07) is 19.2. The molecule has 0 aromatic heterocycles. The van der Waals surface area contributed by atoms with Crippen LogP contribution in [0.3, 0.4) is 0 Å². The van der Waals surface area contributed by atoms with Crippen LogP contribution < -0.4 is 5.73 Å². The molecular weight excluding hydrogens is 324 g/mol. The lowest BCUT2D eigenvalue weighted by Gasteiger charge is -2.37. The summed E-state index contributed by atoms with van der Waals surface area (Å²) in [5.74, 6) is 0.996. The van der Waals surface area contributed by atoms with E-state index in [2.05, 4.69) is 54.3 Å². The predicted molar refractivity (Wildman–Crippen MR) is 102 cm³/mol. The van der Waals surface area contributed by atoms with Gasteiger partial charge in [-0.2, -0.15) is 0 Å². The number of para-hydroxylation sites is 1. The lowest BCUT2D eigenvalue weighted by atomic mass is 10.0. The third-order valence-corrected chi connectivity index (χ3v) is 6.33. The van der Waals surface area contributed by atoms with Crippen molar-refractivity contribution in [2.75, 3.05) is 26.3 Å². The van der Waals surface area contributed by atoms with Crippen LogP contribution in [0.4, 0.5) is 5.69 Å². The van der Waals surface area contributed by atoms with Crippen LogP contribution in [0.25, 0.3) is 0 Å². The minimum Gasteiger partial charge on any atom is -0.370 e. The highest BCUT2D eigenvalue weighted by atomic mass is 16.5. The number of rotatable bonds is 2. The fourth-order valence-electron chi connectivity index (χ4n) is 4.81. The highest BCUT2D eigenvalue weighted by Crippen LogP contribution is 2.48. The molecule has 3 atom stereocenters. The van der Waals surface area contributed by atoms with E-state index in [4.69, 9.17) is 15.5 Å². The van der Waals surface area contributed by atoms with Crippen LogP contribution in [0.5, 0.6) is 0 Å². The molecule has 0 radical (unpaired) electrons. The molecule has 5 nitrogen and oxygen atoms in total. The van der Waals surface area contributed by atoms with Crippen LogP contribution in [-0.2, 0) is 4.74 Å². The van der Waals surface area contributed by atoms with Crippen molar-refractivity contribution >= 4 is 11.5 Å². The molecular formula is C21H25N4O+. The standard InChI is InChI=1S/C21H25N4O/c1-15-21(25(15)11-13-26-14-12-25)24-19(22)17-9-5-6-10-18(17)23-20(24)16-7-3-2-4-8-16/h2-10,15,19,21H,11-14,22H2,1H3/q+1. The molecule has 2 N–H and O–H groups in total. The maximum absolute atomic E-state index is 6.82. The number of fused-ring (bicyclic) bond motifs is 1. The van der Waals surface area contributed by atoms with E-state index < -0.39 is 0 Å². The number of ether oxygens (including phenoxy) is 1. The number of quaternary nitrogens is 1. The maximum Gasteiger partial charge on any atom is 0.221 e.